The second-order valence-corrected chi connectivity index (χ2v) is 5.27. The van der Waals surface area contributed by atoms with Crippen molar-refractivity contribution in [3.05, 3.63) is 29.8 Å². The Morgan fingerprint density at radius 1 is 1.43 bits per heavy atom. The molecule has 2 rings (SSSR count). The molecule has 5 heteroatoms. The zero-order valence-corrected chi connectivity index (χ0v) is 12.1. The van der Waals surface area contributed by atoms with Crippen molar-refractivity contribution in [2.45, 2.75) is 26.2 Å². The Bertz CT molecular complexity index is 560. The third kappa shape index (κ3) is 3.82. The number of carbonyl (C=O) groups is 2. The van der Waals surface area contributed by atoms with Gasteiger partial charge in [0.1, 0.15) is 0 Å². The first kappa shape index (κ1) is 15.0. The quantitative estimate of drug-likeness (QED) is 0.900. The van der Waals surface area contributed by atoms with Crippen LogP contribution < -0.4 is 5.32 Å². The van der Waals surface area contributed by atoms with E-state index in [2.05, 4.69) is 12.2 Å². The minimum atomic E-state index is -0.287. The number of unbranched alkanes of at least 4 members (excludes halogenated alkanes) is 1. The molecule has 110 valence electrons. The van der Waals surface area contributed by atoms with Crippen LogP contribution in [0.5, 0.6) is 0 Å². The molecular weight excluding hydrogens is 266 g/mol. The minimum Gasteiger partial charge on any atom is -0.342 e. The lowest BCUT2D eigenvalue weighted by Crippen LogP contribution is -2.29. The summed E-state index contributed by atoms with van der Waals surface area (Å²) in [4.78, 5) is 25.8. The summed E-state index contributed by atoms with van der Waals surface area (Å²) in [6.07, 6.45) is 2.29. The number of amides is 2. The lowest BCUT2D eigenvalue weighted by Gasteiger charge is -2.15. The lowest BCUT2D eigenvalue weighted by molar-refractivity contribution is -0.128. The number of hydrogen-bond acceptors (Lipinski definition) is 3. The zero-order chi connectivity index (χ0) is 15.2. The molecule has 1 saturated heterocycles. The Hall–Kier alpha value is -2.35. The van der Waals surface area contributed by atoms with Gasteiger partial charge in [-0.25, -0.2) is 0 Å². The summed E-state index contributed by atoms with van der Waals surface area (Å²) in [5.74, 6) is -0.361. The smallest absolute Gasteiger partial charge is 0.229 e. The van der Waals surface area contributed by atoms with Gasteiger partial charge in [-0.3, -0.25) is 9.59 Å². The zero-order valence-electron chi connectivity index (χ0n) is 12.1. The van der Waals surface area contributed by atoms with Gasteiger partial charge in [-0.1, -0.05) is 13.3 Å². The molecule has 1 atom stereocenters. The molecular formula is C16H19N3O2. The van der Waals surface area contributed by atoms with Crippen molar-refractivity contribution in [3.63, 3.8) is 0 Å². The van der Waals surface area contributed by atoms with E-state index in [1.54, 1.807) is 29.2 Å². The molecule has 1 N–H and O–H groups in total. The van der Waals surface area contributed by atoms with Gasteiger partial charge in [-0.05, 0) is 30.7 Å². The minimum absolute atomic E-state index is 0.0587. The van der Waals surface area contributed by atoms with Gasteiger partial charge in [0, 0.05) is 25.2 Å². The molecule has 0 aromatic heterocycles. The van der Waals surface area contributed by atoms with E-state index in [1.807, 2.05) is 6.07 Å². The van der Waals surface area contributed by atoms with Crippen LogP contribution in [0.2, 0.25) is 0 Å². The molecule has 5 nitrogen and oxygen atoms in total. The van der Waals surface area contributed by atoms with E-state index < -0.39 is 0 Å². The highest BCUT2D eigenvalue weighted by Gasteiger charge is 2.33. The Morgan fingerprint density at radius 3 is 2.76 bits per heavy atom. The fourth-order valence-corrected chi connectivity index (χ4v) is 2.39. The van der Waals surface area contributed by atoms with E-state index >= 15 is 0 Å². The maximum Gasteiger partial charge on any atom is 0.229 e. The van der Waals surface area contributed by atoms with Gasteiger partial charge in [0.15, 0.2) is 0 Å². The first-order valence-corrected chi connectivity index (χ1v) is 7.23. The first-order chi connectivity index (χ1) is 10.1. The molecule has 0 radical (unpaired) electrons. The molecule has 0 bridgehead atoms. The molecule has 1 aromatic rings. The highest BCUT2D eigenvalue weighted by Crippen LogP contribution is 2.20. The molecule has 1 aliphatic rings. The van der Waals surface area contributed by atoms with Crippen LogP contribution in [0.1, 0.15) is 31.7 Å². The van der Waals surface area contributed by atoms with Crippen LogP contribution in [-0.2, 0) is 9.59 Å². The standard InChI is InChI=1S/C16H19N3O2/c1-2-3-8-19-11-13(9-15(19)20)16(21)18-14-6-4-12(10-17)5-7-14/h4-7,13H,2-3,8-9,11H2,1H3,(H,18,21)/t13-/m0/s1. The third-order valence-corrected chi connectivity index (χ3v) is 3.65. The van der Waals surface area contributed by atoms with E-state index in [0.29, 0.717) is 17.8 Å². The Kier molecular flexibility index (Phi) is 4.94. The molecule has 2 amide bonds. The molecule has 1 fully saturated rings. The molecule has 1 aliphatic heterocycles. The summed E-state index contributed by atoms with van der Waals surface area (Å²) >= 11 is 0. The second kappa shape index (κ2) is 6.89. The van der Waals surface area contributed by atoms with Gasteiger partial charge < -0.3 is 10.2 Å². The maximum atomic E-state index is 12.2. The fraction of sp³-hybridized carbons (Fsp3) is 0.438. The number of likely N-dealkylation sites (tertiary alicyclic amines) is 1. The number of nitrogens with one attached hydrogen (secondary N) is 1. The van der Waals surface area contributed by atoms with E-state index in [-0.39, 0.29) is 24.2 Å². The topological polar surface area (TPSA) is 73.2 Å². The number of nitriles is 1. The van der Waals surface area contributed by atoms with E-state index in [1.165, 1.54) is 0 Å². The molecule has 0 spiro atoms. The summed E-state index contributed by atoms with van der Waals surface area (Å²) in [7, 11) is 0. The number of nitrogens with zero attached hydrogens (tertiary/aromatic N) is 2. The second-order valence-electron chi connectivity index (χ2n) is 5.27. The van der Waals surface area contributed by atoms with Crippen LogP contribution in [0.4, 0.5) is 5.69 Å². The fourth-order valence-electron chi connectivity index (χ4n) is 2.39. The maximum absolute atomic E-state index is 12.2. The Labute approximate surface area is 124 Å². The van der Waals surface area contributed by atoms with Crippen molar-refractivity contribution in [2.24, 2.45) is 5.92 Å². The van der Waals surface area contributed by atoms with Gasteiger partial charge in [-0.2, -0.15) is 5.26 Å². The summed E-state index contributed by atoms with van der Waals surface area (Å²) in [6, 6.07) is 8.73. The van der Waals surface area contributed by atoms with Crippen LogP contribution in [-0.4, -0.2) is 29.8 Å². The third-order valence-electron chi connectivity index (χ3n) is 3.65. The molecule has 0 aliphatic carbocycles. The normalized spacial score (nSPS) is 17.6. The number of hydrogen-bond donors (Lipinski definition) is 1. The largest absolute Gasteiger partial charge is 0.342 e. The van der Waals surface area contributed by atoms with Crippen molar-refractivity contribution >= 4 is 17.5 Å². The van der Waals surface area contributed by atoms with Crippen LogP contribution >= 0.6 is 0 Å². The van der Waals surface area contributed by atoms with Crippen LogP contribution in [0.3, 0.4) is 0 Å². The van der Waals surface area contributed by atoms with Crippen LogP contribution in [0.25, 0.3) is 0 Å². The molecule has 0 unspecified atom stereocenters. The monoisotopic (exact) mass is 285 g/mol. The Morgan fingerprint density at radius 2 is 2.14 bits per heavy atom. The molecule has 1 heterocycles. The summed E-state index contributed by atoms with van der Waals surface area (Å²) < 4.78 is 0. The predicted molar refractivity (Wildman–Crippen MR) is 79.4 cm³/mol. The van der Waals surface area contributed by atoms with Crippen LogP contribution in [0.15, 0.2) is 24.3 Å². The number of rotatable bonds is 5. The number of anilines is 1. The average Bonchev–Trinajstić information content (AvgIpc) is 2.87. The number of benzene rings is 1. The van der Waals surface area contributed by atoms with Crippen molar-refractivity contribution in [2.75, 3.05) is 18.4 Å². The van der Waals surface area contributed by atoms with Crippen molar-refractivity contribution in [1.82, 2.24) is 4.90 Å². The number of carbonyl (C=O) groups excluding carboxylic acids is 2. The van der Waals surface area contributed by atoms with Gasteiger partial charge >= 0.3 is 0 Å². The molecule has 21 heavy (non-hydrogen) atoms. The predicted octanol–water partition coefficient (Wildman–Crippen LogP) is 2.15. The van der Waals surface area contributed by atoms with Crippen molar-refractivity contribution < 1.29 is 9.59 Å². The van der Waals surface area contributed by atoms with E-state index in [4.69, 9.17) is 5.26 Å². The SMILES string of the molecule is CCCCN1C[C@@H](C(=O)Nc2ccc(C#N)cc2)CC1=O. The van der Waals surface area contributed by atoms with E-state index in [0.717, 1.165) is 19.4 Å². The summed E-state index contributed by atoms with van der Waals surface area (Å²) in [5.41, 5.74) is 1.20. The van der Waals surface area contributed by atoms with Crippen molar-refractivity contribution in [3.8, 4) is 6.07 Å². The highest BCUT2D eigenvalue weighted by molar-refractivity contribution is 5.97. The lowest BCUT2D eigenvalue weighted by atomic mass is 10.1. The first-order valence-electron chi connectivity index (χ1n) is 7.23. The van der Waals surface area contributed by atoms with Gasteiger partial charge in [0.05, 0.1) is 17.6 Å². The van der Waals surface area contributed by atoms with Gasteiger partial charge in [-0.15, -0.1) is 0 Å². The summed E-state index contributed by atoms with van der Waals surface area (Å²) in [5, 5.41) is 11.5. The van der Waals surface area contributed by atoms with Gasteiger partial charge in [0.2, 0.25) is 11.8 Å². The summed E-state index contributed by atoms with van der Waals surface area (Å²) in [6.45, 7) is 3.31. The molecule has 1 aromatic carbocycles. The van der Waals surface area contributed by atoms with Gasteiger partial charge in [0.25, 0.3) is 0 Å². The average molecular weight is 285 g/mol. The van der Waals surface area contributed by atoms with Crippen LogP contribution in [0, 0.1) is 17.2 Å². The highest BCUT2D eigenvalue weighted by atomic mass is 16.2. The molecule has 0 saturated carbocycles. The van der Waals surface area contributed by atoms with E-state index in [9.17, 15) is 9.59 Å². The Balaban J connectivity index is 1.91. The van der Waals surface area contributed by atoms with Crippen molar-refractivity contribution in [1.29, 1.82) is 5.26 Å².